The Bertz CT molecular complexity index is 1340. The Hall–Kier alpha value is -3.92. The quantitative estimate of drug-likeness (QED) is 0.490. The highest BCUT2D eigenvalue weighted by molar-refractivity contribution is 6.01. The number of likely N-dealkylation sites (tertiary alicyclic amines) is 1. The monoisotopic (exact) mass is 548 g/mol. The molecule has 12 nitrogen and oxygen atoms in total. The maximum Gasteiger partial charge on any atom is 0.328 e. The summed E-state index contributed by atoms with van der Waals surface area (Å²) in [4.78, 5) is 49.9. The standard InChI is InChI=1S/C28H32N6O6/c1-38-23-5-7-33(27(23)36)13-19-8-17-4-3-6-34(26(17)31-22(19)14-35)28(37)32-25-10-18(21(11-29)12-30-25)9-20-15-40-16-24(20)39-2/h8,10,12,14,20,23-24H,3-7,9,13,15-16H2,1-2H3,(H,30,32,37)/t20?,23-,24+/m0/s1. The molecule has 12 heteroatoms. The number of urea groups is 1. The van der Waals surface area contributed by atoms with Crippen LogP contribution in [-0.2, 0) is 38.4 Å². The molecule has 3 aliphatic heterocycles. The highest BCUT2D eigenvalue weighted by atomic mass is 16.5. The summed E-state index contributed by atoms with van der Waals surface area (Å²) in [6.45, 7) is 2.25. The molecule has 0 spiro atoms. The van der Waals surface area contributed by atoms with Gasteiger partial charge in [-0.15, -0.1) is 0 Å². The van der Waals surface area contributed by atoms with Crippen LogP contribution in [0.15, 0.2) is 18.3 Å². The number of hydrogen-bond donors (Lipinski definition) is 1. The molecule has 2 saturated heterocycles. The molecule has 1 N–H and O–H groups in total. The highest BCUT2D eigenvalue weighted by Gasteiger charge is 2.33. The van der Waals surface area contributed by atoms with E-state index >= 15 is 0 Å². The van der Waals surface area contributed by atoms with E-state index in [-0.39, 0.29) is 30.2 Å². The average Bonchev–Trinajstić information content (AvgIpc) is 3.57. The van der Waals surface area contributed by atoms with Gasteiger partial charge in [-0.05, 0) is 42.5 Å². The Morgan fingerprint density at radius 1 is 1.25 bits per heavy atom. The summed E-state index contributed by atoms with van der Waals surface area (Å²) in [5.74, 6) is 0.711. The number of nitrogens with one attached hydrogen (secondary N) is 1. The second kappa shape index (κ2) is 12.1. The van der Waals surface area contributed by atoms with Gasteiger partial charge < -0.3 is 19.1 Å². The molecule has 2 aromatic heterocycles. The minimum Gasteiger partial charge on any atom is -0.379 e. The Kier molecular flexibility index (Phi) is 8.35. The van der Waals surface area contributed by atoms with Gasteiger partial charge in [-0.3, -0.25) is 19.8 Å². The number of methoxy groups -OCH3 is 2. The van der Waals surface area contributed by atoms with Gasteiger partial charge in [0.15, 0.2) is 6.29 Å². The fourth-order valence-electron chi connectivity index (χ4n) is 5.60. The van der Waals surface area contributed by atoms with Crippen molar-refractivity contribution in [3.05, 3.63) is 46.3 Å². The molecule has 5 heterocycles. The number of carbonyl (C=O) groups excluding carboxylic acids is 3. The van der Waals surface area contributed by atoms with Crippen LogP contribution in [0.1, 0.15) is 45.6 Å². The third kappa shape index (κ3) is 5.54. The molecule has 2 fully saturated rings. The molecule has 5 rings (SSSR count). The first-order valence-corrected chi connectivity index (χ1v) is 13.3. The van der Waals surface area contributed by atoms with Crippen LogP contribution < -0.4 is 10.2 Å². The summed E-state index contributed by atoms with van der Waals surface area (Å²) < 4.78 is 16.3. The zero-order valence-electron chi connectivity index (χ0n) is 22.6. The number of ether oxygens (including phenoxy) is 3. The summed E-state index contributed by atoms with van der Waals surface area (Å²) >= 11 is 0. The summed E-state index contributed by atoms with van der Waals surface area (Å²) in [6, 6.07) is 5.31. The number of amides is 3. The SMILES string of the molecule is CO[C@H]1CCN(Cc2cc3c(nc2C=O)N(C(=O)Nc2cc(CC4COC[C@H]4OC)c(C#N)cn2)CCC3)C1=O. The van der Waals surface area contributed by atoms with Gasteiger partial charge in [0.2, 0.25) is 0 Å². The predicted octanol–water partition coefficient (Wildman–Crippen LogP) is 2.10. The number of aldehydes is 1. The molecule has 1 unspecified atom stereocenters. The molecule has 3 amide bonds. The van der Waals surface area contributed by atoms with Gasteiger partial charge in [0.1, 0.15) is 29.5 Å². The fraction of sp³-hybridized carbons (Fsp3) is 0.500. The number of anilines is 2. The number of aryl methyl sites for hydroxylation is 1. The van der Waals surface area contributed by atoms with Crippen LogP contribution in [0, 0.1) is 17.2 Å². The Morgan fingerprint density at radius 3 is 2.83 bits per heavy atom. The van der Waals surface area contributed by atoms with Crippen LogP contribution in [0.25, 0.3) is 0 Å². The lowest BCUT2D eigenvalue weighted by Crippen LogP contribution is -2.40. The van der Waals surface area contributed by atoms with E-state index in [1.165, 1.54) is 18.2 Å². The largest absolute Gasteiger partial charge is 0.379 e. The number of rotatable bonds is 8. The second-order valence-electron chi connectivity index (χ2n) is 10.2. The number of pyridine rings is 2. The lowest BCUT2D eigenvalue weighted by atomic mass is 9.94. The van der Waals surface area contributed by atoms with Crippen LogP contribution in [0.3, 0.4) is 0 Å². The van der Waals surface area contributed by atoms with E-state index < -0.39 is 12.1 Å². The zero-order valence-corrected chi connectivity index (χ0v) is 22.6. The van der Waals surface area contributed by atoms with E-state index in [0.29, 0.717) is 81.0 Å². The number of nitriles is 1. The van der Waals surface area contributed by atoms with Crippen molar-refractivity contribution in [1.82, 2.24) is 14.9 Å². The van der Waals surface area contributed by atoms with Gasteiger partial charge >= 0.3 is 6.03 Å². The number of aromatic nitrogens is 2. The highest BCUT2D eigenvalue weighted by Crippen LogP contribution is 2.30. The molecule has 0 aliphatic carbocycles. The number of fused-ring (bicyclic) bond motifs is 1. The summed E-state index contributed by atoms with van der Waals surface area (Å²) in [5.41, 5.74) is 2.85. The first-order chi connectivity index (χ1) is 19.4. The van der Waals surface area contributed by atoms with Crippen LogP contribution in [0.4, 0.5) is 16.4 Å². The number of hydrogen-bond acceptors (Lipinski definition) is 9. The van der Waals surface area contributed by atoms with Gasteiger partial charge in [-0.2, -0.15) is 5.26 Å². The maximum atomic E-state index is 13.4. The van der Waals surface area contributed by atoms with E-state index in [1.807, 2.05) is 6.07 Å². The molecular formula is C28H32N6O6. The summed E-state index contributed by atoms with van der Waals surface area (Å²) in [5, 5.41) is 12.4. The fourth-order valence-corrected chi connectivity index (χ4v) is 5.60. The van der Waals surface area contributed by atoms with Gasteiger partial charge in [-0.25, -0.2) is 14.8 Å². The smallest absolute Gasteiger partial charge is 0.328 e. The first kappa shape index (κ1) is 27.6. The maximum absolute atomic E-state index is 13.4. The number of nitrogens with zero attached hydrogens (tertiary/aromatic N) is 5. The Balaban J connectivity index is 1.34. The van der Waals surface area contributed by atoms with Gasteiger partial charge in [-0.1, -0.05) is 0 Å². The first-order valence-electron chi connectivity index (χ1n) is 13.3. The molecule has 210 valence electrons. The van der Waals surface area contributed by atoms with Crippen molar-refractivity contribution in [2.24, 2.45) is 5.92 Å². The van der Waals surface area contributed by atoms with Crippen molar-refractivity contribution in [3.8, 4) is 6.07 Å². The molecule has 0 bridgehead atoms. The van der Waals surface area contributed by atoms with Crippen LogP contribution in [0.2, 0.25) is 0 Å². The molecule has 0 aromatic carbocycles. The Labute approximate surface area is 232 Å². The van der Waals surface area contributed by atoms with Crippen molar-refractivity contribution in [2.45, 2.75) is 44.4 Å². The summed E-state index contributed by atoms with van der Waals surface area (Å²) in [6.07, 6.45) is 4.14. The predicted molar refractivity (Wildman–Crippen MR) is 143 cm³/mol. The van der Waals surface area contributed by atoms with Crippen molar-refractivity contribution in [3.63, 3.8) is 0 Å². The van der Waals surface area contributed by atoms with Gasteiger partial charge in [0.25, 0.3) is 5.91 Å². The molecule has 40 heavy (non-hydrogen) atoms. The van der Waals surface area contributed by atoms with Crippen LogP contribution >= 0.6 is 0 Å². The van der Waals surface area contributed by atoms with E-state index in [4.69, 9.17) is 14.2 Å². The van der Waals surface area contributed by atoms with E-state index in [1.54, 1.807) is 18.1 Å². The van der Waals surface area contributed by atoms with Crippen molar-refractivity contribution in [1.29, 1.82) is 5.26 Å². The third-order valence-corrected chi connectivity index (χ3v) is 7.80. The summed E-state index contributed by atoms with van der Waals surface area (Å²) in [7, 11) is 3.15. The molecule has 0 saturated carbocycles. The second-order valence-corrected chi connectivity index (χ2v) is 10.2. The molecule has 3 aliphatic rings. The van der Waals surface area contributed by atoms with E-state index in [9.17, 15) is 19.6 Å². The van der Waals surface area contributed by atoms with Crippen molar-refractivity contribution >= 4 is 29.9 Å². The van der Waals surface area contributed by atoms with Crippen molar-refractivity contribution in [2.75, 3.05) is 50.7 Å². The molecule has 0 radical (unpaired) electrons. The molecular weight excluding hydrogens is 516 g/mol. The number of carbonyl (C=O) groups is 3. The lowest BCUT2D eigenvalue weighted by Gasteiger charge is -2.29. The van der Waals surface area contributed by atoms with E-state index in [2.05, 4.69) is 21.4 Å². The third-order valence-electron chi connectivity index (χ3n) is 7.80. The lowest BCUT2D eigenvalue weighted by molar-refractivity contribution is -0.136. The minimum absolute atomic E-state index is 0.0597. The Morgan fingerprint density at radius 2 is 2.10 bits per heavy atom. The van der Waals surface area contributed by atoms with Crippen LogP contribution in [0.5, 0.6) is 0 Å². The van der Waals surface area contributed by atoms with Crippen LogP contribution in [-0.4, -0.2) is 85.8 Å². The van der Waals surface area contributed by atoms with Gasteiger partial charge in [0, 0.05) is 58.0 Å². The average molecular weight is 549 g/mol. The van der Waals surface area contributed by atoms with Gasteiger partial charge in [0.05, 0.1) is 24.9 Å². The van der Waals surface area contributed by atoms with Crippen molar-refractivity contribution < 1.29 is 28.6 Å². The molecule has 3 atom stereocenters. The minimum atomic E-state index is -0.464. The normalized spacial score (nSPS) is 22.2. The molecule has 2 aromatic rings. The zero-order chi connectivity index (χ0) is 28.2. The van der Waals surface area contributed by atoms with E-state index in [0.717, 1.165) is 11.1 Å². The topological polar surface area (TPSA) is 147 Å².